The Hall–Kier alpha value is -2.69. The van der Waals surface area contributed by atoms with Crippen LogP contribution in [0.3, 0.4) is 0 Å². The first-order chi connectivity index (χ1) is 17.6. The van der Waals surface area contributed by atoms with Crippen LogP contribution < -0.4 is 15.0 Å². The van der Waals surface area contributed by atoms with E-state index >= 15 is 0 Å². The first kappa shape index (κ1) is 27.3. The van der Waals surface area contributed by atoms with E-state index in [-0.39, 0.29) is 30.5 Å². The molecule has 0 spiro atoms. The van der Waals surface area contributed by atoms with Crippen molar-refractivity contribution in [2.75, 3.05) is 37.6 Å². The van der Waals surface area contributed by atoms with Crippen molar-refractivity contribution in [3.8, 4) is 5.75 Å². The van der Waals surface area contributed by atoms with Crippen molar-refractivity contribution in [1.29, 1.82) is 0 Å². The number of carbonyl (C=O) groups excluding carboxylic acids is 1. The van der Waals surface area contributed by atoms with Gasteiger partial charge in [-0.3, -0.25) is 9.69 Å². The van der Waals surface area contributed by atoms with E-state index in [4.69, 9.17) is 0 Å². The number of hydrogen-bond acceptors (Lipinski definition) is 5. The number of ether oxygens (including phenoxy) is 1. The van der Waals surface area contributed by atoms with Crippen molar-refractivity contribution in [2.24, 2.45) is 5.92 Å². The van der Waals surface area contributed by atoms with Gasteiger partial charge in [0.25, 0.3) is 0 Å². The summed E-state index contributed by atoms with van der Waals surface area (Å²) >= 11 is 0. The van der Waals surface area contributed by atoms with Gasteiger partial charge in [-0.15, -0.1) is 13.2 Å². The Morgan fingerprint density at radius 1 is 1.11 bits per heavy atom. The zero-order valence-corrected chi connectivity index (χ0v) is 20.6. The Labute approximate surface area is 214 Å². The Balaban J connectivity index is 1.44. The van der Waals surface area contributed by atoms with Gasteiger partial charge in [-0.05, 0) is 62.9 Å². The first-order valence-electron chi connectivity index (χ1n) is 12.7. The van der Waals surface area contributed by atoms with Crippen LogP contribution in [-0.4, -0.2) is 60.6 Å². The average Bonchev–Trinajstić information content (AvgIpc) is 2.87. The third-order valence-electron chi connectivity index (χ3n) is 7.24. The maximum Gasteiger partial charge on any atom is 0.573 e. The molecule has 4 rings (SSSR count). The van der Waals surface area contributed by atoms with Crippen LogP contribution in [0.25, 0.3) is 0 Å². The third-order valence-corrected chi connectivity index (χ3v) is 7.24. The molecule has 2 aliphatic rings. The smallest absolute Gasteiger partial charge is 0.403 e. The van der Waals surface area contributed by atoms with Crippen LogP contribution in [0.4, 0.5) is 23.2 Å². The summed E-state index contributed by atoms with van der Waals surface area (Å²) in [4.78, 5) is 17.1. The molecule has 0 atom stereocenters. The van der Waals surface area contributed by atoms with E-state index in [1.807, 2.05) is 18.2 Å². The molecule has 0 aliphatic carbocycles. The van der Waals surface area contributed by atoms with Gasteiger partial charge in [-0.2, -0.15) is 0 Å². The maximum atomic E-state index is 14.5. The molecule has 2 heterocycles. The summed E-state index contributed by atoms with van der Waals surface area (Å²) in [6.07, 6.45) is -2.45. The minimum atomic E-state index is -5.02. The number of anilines is 1. The summed E-state index contributed by atoms with van der Waals surface area (Å²) in [5, 5.41) is 14.5. The number of amides is 1. The van der Waals surface area contributed by atoms with E-state index in [1.54, 1.807) is 0 Å². The second kappa shape index (κ2) is 11.8. The van der Waals surface area contributed by atoms with Crippen molar-refractivity contribution in [1.82, 2.24) is 10.2 Å². The van der Waals surface area contributed by atoms with Gasteiger partial charge in [-0.25, -0.2) is 4.39 Å². The van der Waals surface area contributed by atoms with Crippen molar-refractivity contribution in [2.45, 2.75) is 50.6 Å². The predicted molar refractivity (Wildman–Crippen MR) is 132 cm³/mol. The van der Waals surface area contributed by atoms with Crippen LogP contribution in [0.2, 0.25) is 0 Å². The highest BCUT2D eigenvalue weighted by molar-refractivity contribution is 5.95. The van der Waals surface area contributed by atoms with Crippen LogP contribution >= 0.6 is 0 Å². The monoisotopic (exact) mass is 523 g/mol. The van der Waals surface area contributed by atoms with Gasteiger partial charge in [0.1, 0.15) is 0 Å². The molecule has 0 saturated carbocycles. The van der Waals surface area contributed by atoms with Crippen molar-refractivity contribution >= 4 is 11.6 Å². The fourth-order valence-corrected chi connectivity index (χ4v) is 5.06. The first-order valence-corrected chi connectivity index (χ1v) is 12.7. The van der Waals surface area contributed by atoms with E-state index in [1.165, 1.54) is 16.5 Å². The molecule has 10 heteroatoms. The van der Waals surface area contributed by atoms with Crippen molar-refractivity contribution in [3.05, 3.63) is 59.9 Å². The summed E-state index contributed by atoms with van der Waals surface area (Å²) in [7, 11) is 0. The molecule has 2 aromatic rings. The van der Waals surface area contributed by atoms with E-state index in [2.05, 4.69) is 27.1 Å². The van der Waals surface area contributed by atoms with Gasteiger partial charge in [0.15, 0.2) is 11.6 Å². The number of carbonyl (C=O) groups is 1. The lowest BCUT2D eigenvalue weighted by Gasteiger charge is -2.40. The SMILES string of the molecule is O=C(C1CCNCC1)N(CCC1(O)CCN(Cc2ccccc2)CC1)c1ccc(OC(F)(F)F)c(F)c1. The van der Waals surface area contributed by atoms with E-state index < -0.39 is 23.5 Å². The molecule has 0 bridgehead atoms. The Morgan fingerprint density at radius 2 is 1.78 bits per heavy atom. The summed E-state index contributed by atoms with van der Waals surface area (Å²) in [6.45, 7) is 3.69. The third kappa shape index (κ3) is 7.66. The highest BCUT2D eigenvalue weighted by Crippen LogP contribution is 2.32. The topological polar surface area (TPSA) is 65.0 Å². The maximum absolute atomic E-state index is 14.5. The number of likely N-dealkylation sites (tertiary alicyclic amines) is 1. The van der Waals surface area contributed by atoms with Crippen LogP contribution in [0.1, 0.15) is 37.7 Å². The molecule has 2 saturated heterocycles. The number of piperidine rings is 2. The lowest BCUT2D eigenvalue weighted by Crippen LogP contribution is -2.47. The summed E-state index contributed by atoms with van der Waals surface area (Å²) < 4.78 is 56.0. The molecule has 2 N–H and O–H groups in total. The standard InChI is InChI=1S/C27H33F4N3O3/c28-23-18-22(6-7-24(23)37-27(29,30)31)34(25(35)21-8-13-32-14-9-21)17-12-26(36)10-15-33(16-11-26)19-20-4-2-1-3-5-20/h1-7,18,21,32,36H,8-17,19H2. The Bertz CT molecular complexity index is 1040. The van der Waals surface area contributed by atoms with Gasteiger partial charge in [0.05, 0.1) is 5.60 Å². The van der Waals surface area contributed by atoms with Crippen LogP contribution in [0, 0.1) is 11.7 Å². The number of nitrogens with zero attached hydrogens (tertiary/aromatic N) is 2. The zero-order chi connectivity index (χ0) is 26.5. The molecular weight excluding hydrogens is 490 g/mol. The van der Waals surface area contributed by atoms with E-state index in [0.717, 1.165) is 18.7 Å². The minimum absolute atomic E-state index is 0.136. The van der Waals surface area contributed by atoms with E-state index in [9.17, 15) is 27.5 Å². The highest BCUT2D eigenvalue weighted by atomic mass is 19.4. The van der Waals surface area contributed by atoms with Crippen LogP contribution in [0.15, 0.2) is 48.5 Å². The Kier molecular flexibility index (Phi) is 8.71. The lowest BCUT2D eigenvalue weighted by molar-refractivity contribution is -0.275. The quantitative estimate of drug-likeness (QED) is 0.500. The molecular formula is C27H33F4N3O3. The largest absolute Gasteiger partial charge is 0.573 e. The number of hydrogen-bond donors (Lipinski definition) is 2. The summed E-state index contributed by atoms with van der Waals surface area (Å²) in [5.74, 6) is -2.64. The molecule has 0 aromatic heterocycles. The molecule has 2 aliphatic heterocycles. The van der Waals surface area contributed by atoms with Gasteiger partial charge >= 0.3 is 6.36 Å². The number of rotatable bonds is 8. The number of halogens is 4. The number of nitrogens with one attached hydrogen (secondary N) is 1. The number of aliphatic hydroxyl groups is 1. The second-order valence-corrected chi connectivity index (χ2v) is 9.91. The van der Waals surface area contributed by atoms with E-state index in [0.29, 0.717) is 51.9 Å². The summed E-state index contributed by atoms with van der Waals surface area (Å²) in [6, 6.07) is 13.1. The fourth-order valence-electron chi connectivity index (χ4n) is 5.06. The zero-order valence-electron chi connectivity index (χ0n) is 20.6. The highest BCUT2D eigenvalue weighted by Gasteiger charge is 2.36. The lowest BCUT2D eigenvalue weighted by atomic mass is 9.87. The molecule has 2 aromatic carbocycles. The molecule has 0 radical (unpaired) electrons. The molecule has 202 valence electrons. The number of alkyl halides is 3. The normalized spacial score (nSPS) is 18.9. The van der Waals surface area contributed by atoms with Crippen molar-refractivity contribution < 1.29 is 32.2 Å². The minimum Gasteiger partial charge on any atom is -0.403 e. The van der Waals surface area contributed by atoms with Gasteiger partial charge in [-0.1, -0.05) is 30.3 Å². The molecule has 0 unspecified atom stereocenters. The molecule has 1 amide bonds. The molecule has 2 fully saturated rings. The summed E-state index contributed by atoms with van der Waals surface area (Å²) in [5.41, 5.74) is 0.366. The van der Waals surface area contributed by atoms with Gasteiger partial charge < -0.3 is 20.1 Å². The number of benzene rings is 2. The van der Waals surface area contributed by atoms with Crippen LogP contribution in [-0.2, 0) is 11.3 Å². The predicted octanol–water partition coefficient (Wildman–Crippen LogP) is 4.47. The van der Waals surface area contributed by atoms with Gasteiger partial charge in [0, 0.05) is 43.9 Å². The molecule has 6 nitrogen and oxygen atoms in total. The van der Waals surface area contributed by atoms with Crippen molar-refractivity contribution in [3.63, 3.8) is 0 Å². The molecule has 37 heavy (non-hydrogen) atoms. The average molecular weight is 524 g/mol. The second-order valence-electron chi connectivity index (χ2n) is 9.91. The fraction of sp³-hybridized carbons (Fsp3) is 0.519. The Morgan fingerprint density at radius 3 is 2.41 bits per heavy atom. The van der Waals surface area contributed by atoms with Gasteiger partial charge in [0.2, 0.25) is 5.91 Å². The van der Waals surface area contributed by atoms with Crippen LogP contribution in [0.5, 0.6) is 5.75 Å².